The van der Waals surface area contributed by atoms with Gasteiger partial charge in [-0.2, -0.15) is 0 Å². The van der Waals surface area contributed by atoms with Crippen LogP contribution in [0.4, 0.5) is 10.5 Å². The maximum atomic E-state index is 12.9. The minimum Gasteiger partial charge on any atom is -0.486 e. The first-order chi connectivity index (χ1) is 15.4. The molecule has 1 saturated heterocycles. The number of carbonyl (C=O) groups excluding carboxylic acids is 3. The second kappa shape index (κ2) is 9.08. The molecule has 160 valence electrons. The van der Waals surface area contributed by atoms with Crippen LogP contribution in [-0.2, 0) is 9.59 Å². The largest absolute Gasteiger partial charge is 0.486 e. The van der Waals surface area contributed by atoms with E-state index >= 15 is 0 Å². The van der Waals surface area contributed by atoms with Gasteiger partial charge in [-0.25, -0.2) is 9.69 Å². The molecule has 4 rings (SSSR count). The predicted octanol–water partition coefficient (Wildman–Crippen LogP) is 5.15. The van der Waals surface area contributed by atoms with Crippen LogP contribution >= 0.6 is 11.6 Å². The molecule has 0 unspecified atom stereocenters. The SMILES string of the molecule is C[C@@H](Oc1ccc(/C=C2\C(=O)NC(=O)N(c3ccc(Cl)cc3)C2=O)cc1)c1ccccc1. The molecule has 1 heterocycles. The molecule has 1 atom stereocenters. The maximum absolute atomic E-state index is 12.9. The quantitative estimate of drug-likeness (QED) is 0.434. The van der Waals surface area contributed by atoms with Crippen molar-refractivity contribution in [2.24, 2.45) is 0 Å². The third-order valence-corrected chi connectivity index (χ3v) is 5.21. The fourth-order valence-corrected chi connectivity index (χ4v) is 3.41. The molecule has 1 N–H and O–H groups in total. The van der Waals surface area contributed by atoms with E-state index in [0.717, 1.165) is 10.5 Å². The number of amides is 4. The van der Waals surface area contributed by atoms with Crippen LogP contribution in [0, 0.1) is 0 Å². The number of hydrogen-bond acceptors (Lipinski definition) is 4. The Morgan fingerprint density at radius 1 is 0.906 bits per heavy atom. The van der Waals surface area contributed by atoms with Crippen molar-refractivity contribution in [2.45, 2.75) is 13.0 Å². The van der Waals surface area contributed by atoms with Gasteiger partial charge in [-0.3, -0.25) is 14.9 Å². The molecule has 0 spiro atoms. The van der Waals surface area contributed by atoms with Crippen LogP contribution in [0.3, 0.4) is 0 Å². The second-order valence-electron chi connectivity index (χ2n) is 7.17. The topological polar surface area (TPSA) is 75.7 Å². The molecule has 1 aliphatic heterocycles. The Balaban J connectivity index is 1.54. The van der Waals surface area contributed by atoms with Gasteiger partial charge < -0.3 is 4.74 Å². The first-order valence-electron chi connectivity index (χ1n) is 9.91. The summed E-state index contributed by atoms with van der Waals surface area (Å²) in [6.07, 6.45) is 1.31. The van der Waals surface area contributed by atoms with Crippen LogP contribution in [0.5, 0.6) is 5.75 Å². The van der Waals surface area contributed by atoms with Gasteiger partial charge in [-0.1, -0.05) is 54.1 Å². The molecule has 4 amide bonds. The fourth-order valence-electron chi connectivity index (χ4n) is 3.29. The lowest BCUT2D eigenvalue weighted by atomic mass is 10.1. The van der Waals surface area contributed by atoms with Crippen molar-refractivity contribution in [1.29, 1.82) is 0 Å². The lowest BCUT2D eigenvalue weighted by Crippen LogP contribution is -2.54. The maximum Gasteiger partial charge on any atom is 0.335 e. The number of rotatable bonds is 5. The Bertz CT molecular complexity index is 1190. The molecule has 3 aromatic rings. The van der Waals surface area contributed by atoms with Gasteiger partial charge in [0.05, 0.1) is 5.69 Å². The lowest BCUT2D eigenvalue weighted by Gasteiger charge is -2.26. The van der Waals surface area contributed by atoms with E-state index in [0.29, 0.717) is 22.0 Å². The zero-order chi connectivity index (χ0) is 22.7. The van der Waals surface area contributed by atoms with Crippen LogP contribution < -0.4 is 15.0 Å². The van der Waals surface area contributed by atoms with Crippen LogP contribution in [0.25, 0.3) is 6.08 Å². The number of benzene rings is 3. The first kappa shape index (κ1) is 21.3. The second-order valence-corrected chi connectivity index (χ2v) is 7.61. The van der Waals surface area contributed by atoms with Crippen LogP contribution in [-0.4, -0.2) is 17.8 Å². The van der Waals surface area contributed by atoms with E-state index in [9.17, 15) is 14.4 Å². The Morgan fingerprint density at radius 2 is 1.56 bits per heavy atom. The van der Waals surface area contributed by atoms with Gasteiger partial charge in [0.1, 0.15) is 17.4 Å². The highest BCUT2D eigenvalue weighted by atomic mass is 35.5. The number of nitrogens with zero attached hydrogens (tertiary/aromatic N) is 1. The average Bonchev–Trinajstić information content (AvgIpc) is 2.79. The molecule has 0 saturated carbocycles. The highest BCUT2D eigenvalue weighted by molar-refractivity contribution is 6.39. The first-order valence-corrected chi connectivity index (χ1v) is 10.3. The third kappa shape index (κ3) is 4.55. The number of hydrogen-bond donors (Lipinski definition) is 1. The number of nitrogens with one attached hydrogen (secondary N) is 1. The van der Waals surface area contributed by atoms with Crippen molar-refractivity contribution >= 4 is 41.2 Å². The number of imide groups is 2. The van der Waals surface area contributed by atoms with E-state index in [1.54, 1.807) is 36.4 Å². The summed E-state index contributed by atoms with van der Waals surface area (Å²) in [5.41, 5.74) is 1.84. The summed E-state index contributed by atoms with van der Waals surface area (Å²) in [6.45, 7) is 1.96. The Labute approximate surface area is 190 Å². The van der Waals surface area contributed by atoms with Gasteiger partial charge in [-0.15, -0.1) is 0 Å². The zero-order valence-corrected chi connectivity index (χ0v) is 17.9. The number of urea groups is 1. The van der Waals surface area contributed by atoms with Crippen LogP contribution in [0.1, 0.15) is 24.2 Å². The molecule has 7 heteroatoms. The highest BCUT2D eigenvalue weighted by Gasteiger charge is 2.36. The Kier molecular flexibility index (Phi) is 6.05. The number of anilines is 1. The summed E-state index contributed by atoms with van der Waals surface area (Å²) in [7, 11) is 0. The molecule has 1 aliphatic rings. The molecule has 3 aromatic carbocycles. The van der Waals surface area contributed by atoms with Gasteiger partial charge in [0.2, 0.25) is 0 Å². The van der Waals surface area contributed by atoms with E-state index in [-0.39, 0.29) is 11.7 Å². The molecular formula is C25H19ClN2O4. The van der Waals surface area contributed by atoms with Crippen molar-refractivity contribution < 1.29 is 19.1 Å². The minimum atomic E-state index is -0.807. The van der Waals surface area contributed by atoms with Crippen LogP contribution in [0.2, 0.25) is 5.02 Å². The number of halogens is 1. The molecule has 0 radical (unpaired) electrons. The molecule has 0 aromatic heterocycles. The average molecular weight is 447 g/mol. The molecule has 0 bridgehead atoms. The minimum absolute atomic E-state index is 0.134. The van der Waals surface area contributed by atoms with Gasteiger partial charge in [0, 0.05) is 5.02 Å². The summed E-state index contributed by atoms with van der Waals surface area (Å²) in [5.74, 6) is -0.803. The molecule has 6 nitrogen and oxygen atoms in total. The molecular weight excluding hydrogens is 428 g/mol. The van der Waals surface area contributed by atoms with Gasteiger partial charge in [-0.05, 0) is 60.5 Å². The fraction of sp³-hybridized carbons (Fsp3) is 0.0800. The smallest absolute Gasteiger partial charge is 0.335 e. The number of barbiturate groups is 1. The van der Waals surface area contributed by atoms with Crippen molar-refractivity contribution in [2.75, 3.05) is 4.90 Å². The monoisotopic (exact) mass is 446 g/mol. The summed E-state index contributed by atoms with van der Waals surface area (Å²) in [6, 6.07) is 22.2. The van der Waals surface area contributed by atoms with Gasteiger partial charge >= 0.3 is 6.03 Å². The summed E-state index contributed by atoms with van der Waals surface area (Å²) < 4.78 is 5.96. The lowest BCUT2D eigenvalue weighted by molar-refractivity contribution is -0.122. The Hall–Kier alpha value is -3.90. The zero-order valence-electron chi connectivity index (χ0n) is 17.1. The summed E-state index contributed by atoms with van der Waals surface area (Å²) >= 11 is 5.88. The number of ether oxygens (including phenoxy) is 1. The van der Waals surface area contributed by atoms with E-state index in [2.05, 4.69) is 5.32 Å². The van der Waals surface area contributed by atoms with E-state index in [1.165, 1.54) is 18.2 Å². The van der Waals surface area contributed by atoms with Crippen molar-refractivity contribution in [1.82, 2.24) is 5.32 Å². The van der Waals surface area contributed by atoms with Gasteiger partial charge in [0.25, 0.3) is 11.8 Å². The van der Waals surface area contributed by atoms with Crippen LogP contribution in [0.15, 0.2) is 84.4 Å². The number of carbonyl (C=O) groups is 3. The normalized spacial score (nSPS) is 16.1. The van der Waals surface area contributed by atoms with Gasteiger partial charge in [0.15, 0.2) is 0 Å². The summed E-state index contributed by atoms with van der Waals surface area (Å²) in [5, 5.41) is 2.67. The van der Waals surface area contributed by atoms with E-state index in [4.69, 9.17) is 16.3 Å². The summed E-state index contributed by atoms with van der Waals surface area (Å²) in [4.78, 5) is 38.4. The standard InChI is InChI=1S/C25H19ClN2O4/c1-16(18-5-3-2-4-6-18)32-21-13-7-17(8-14-21)15-22-23(29)27-25(31)28(24(22)30)20-11-9-19(26)10-12-20/h2-16H,1H3,(H,27,29,31)/b22-15+/t16-/m1/s1. The highest BCUT2D eigenvalue weighted by Crippen LogP contribution is 2.25. The Morgan fingerprint density at radius 3 is 2.22 bits per heavy atom. The van der Waals surface area contributed by atoms with Crippen molar-refractivity contribution in [3.63, 3.8) is 0 Å². The third-order valence-electron chi connectivity index (χ3n) is 4.96. The van der Waals surface area contributed by atoms with Crippen molar-refractivity contribution in [3.8, 4) is 5.75 Å². The van der Waals surface area contributed by atoms with E-state index in [1.807, 2.05) is 37.3 Å². The van der Waals surface area contributed by atoms with E-state index < -0.39 is 17.8 Å². The molecule has 0 aliphatic carbocycles. The van der Waals surface area contributed by atoms with Crippen molar-refractivity contribution in [3.05, 3.63) is 101 Å². The molecule has 32 heavy (non-hydrogen) atoms. The predicted molar refractivity (Wildman–Crippen MR) is 122 cm³/mol. The molecule has 1 fully saturated rings.